The fourth-order valence-corrected chi connectivity index (χ4v) is 3.34. The molecule has 0 bridgehead atoms. The standard InChI is InChI=1S/C16H16N4O4S/c1-10-3-6-13(7-4-10)25(22,23)20-11(2)16-18-15(19-24-16)12-5-8-14(21)17-9-12/h3-9,11,20H,1-2H3,(H,17,21)/t11-/m0/s1. The number of rotatable bonds is 5. The minimum Gasteiger partial charge on any atom is -0.337 e. The van der Waals surface area contributed by atoms with Crippen LogP contribution in [0.3, 0.4) is 0 Å². The Morgan fingerprint density at radius 2 is 1.88 bits per heavy atom. The fraction of sp³-hybridized carbons (Fsp3) is 0.188. The average Bonchev–Trinajstić information content (AvgIpc) is 3.06. The summed E-state index contributed by atoms with van der Waals surface area (Å²) in [7, 11) is -3.71. The normalized spacial score (nSPS) is 12.9. The molecule has 1 atom stereocenters. The zero-order valence-corrected chi connectivity index (χ0v) is 14.4. The zero-order chi connectivity index (χ0) is 18.0. The molecule has 0 saturated carbocycles. The molecule has 0 aliphatic rings. The predicted octanol–water partition coefficient (Wildman–Crippen LogP) is 1.77. The zero-order valence-electron chi connectivity index (χ0n) is 13.6. The summed E-state index contributed by atoms with van der Waals surface area (Å²) in [6, 6.07) is 8.69. The van der Waals surface area contributed by atoms with Gasteiger partial charge < -0.3 is 9.51 Å². The molecule has 1 aromatic carbocycles. The maximum absolute atomic E-state index is 12.4. The van der Waals surface area contributed by atoms with Crippen LogP contribution in [0.2, 0.25) is 0 Å². The van der Waals surface area contributed by atoms with Crippen molar-refractivity contribution in [1.82, 2.24) is 19.8 Å². The number of hydrogen-bond acceptors (Lipinski definition) is 6. The van der Waals surface area contributed by atoms with Crippen LogP contribution in [0.25, 0.3) is 11.4 Å². The van der Waals surface area contributed by atoms with E-state index >= 15 is 0 Å². The van der Waals surface area contributed by atoms with Crippen LogP contribution in [0, 0.1) is 6.92 Å². The van der Waals surface area contributed by atoms with E-state index in [1.54, 1.807) is 25.1 Å². The summed E-state index contributed by atoms with van der Waals surface area (Å²) in [4.78, 5) is 17.9. The monoisotopic (exact) mass is 360 g/mol. The van der Waals surface area contributed by atoms with Crippen LogP contribution in [0.15, 0.2) is 56.8 Å². The Morgan fingerprint density at radius 1 is 1.16 bits per heavy atom. The highest BCUT2D eigenvalue weighted by molar-refractivity contribution is 7.89. The van der Waals surface area contributed by atoms with Gasteiger partial charge >= 0.3 is 0 Å². The maximum Gasteiger partial charge on any atom is 0.247 e. The van der Waals surface area contributed by atoms with Gasteiger partial charge in [0.25, 0.3) is 0 Å². The van der Waals surface area contributed by atoms with E-state index in [0.717, 1.165) is 5.56 Å². The smallest absolute Gasteiger partial charge is 0.247 e. The summed E-state index contributed by atoms with van der Waals surface area (Å²) in [5.74, 6) is 0.379. The van der Waals surface area contributed by atoms with Crippen molar-refractivity contribution in [3.63, 3.8) is 0 Å². The highest BCUT2D eigenvalue weighted by Crippen LogP contribution is 2.19. The molecule has 8 nitrogen and oxygen atoms in total. The Kier molecular flexibility index (Phi) is 4.51. The van der Waals surface area contributed by atoms with Crippen molar-refractivity contribution in [1.29, 1.82) is 0 Å². The summed E-state index contributed by atoms with van der Waals surface area (Å²) in [6.45, 7) is 3.49. The van der Waals surface area contributed by atoms with Crippen LogP contribution < -0.4 is 10.3 Å². The van der Waals surface area contributed by atoms with E-state index in [1.807, 2.05) is 6.92 Å². The quantitative estimate of drug-likeness (QED) is 0.716. The Bertz CT molecular complexity index is 1020. The van der Waals surface area contributed by atoms with E-state index in [9.17, 15) is 13.2 Å². The number of sulfonamides is 1. The molecular weight excluding hydrogens is 344 g/mol. The lowest BCUT2D eigenvalue weighted by Crippen LogP contribution is -2.27. The van der Waals surface area contributed by atoms with Crippen LogP contribution in [0.1, 0.15) is 24.4 Å². The number of H-pyrrole nitrogens is 1. The van der Waals surface area contributed by atoms with E-state index in [4.69, 9.17) is 4.52 Å². The molecule has 0 fully saturated rings. The first-order chi connectivity index (χ1) is 11.8. The van der Waals surface area contributed by atoms with Crippen molar-refractivity contribution >= 4 is 10.0 Å². The van der Waals surface area contributed by atoms with Crippen LogP contribution in [0.5, 0.6) is 0 Å². The predicted molar refractivity (Wildman–Crippen MR) is 90.3 cm³/mol. The Morgan fingerprint density at radius 3 is 2.52 bits per heavy atom. The molecule has 25 heavy (non-hydrogen) atoms. The van der Waals surface area contributed by atoms with Crippen molar-refractivity contribution < 1.29 is 12.9 Å². The van der Waals surface area contributed by atoms with Crippen molar-refractivity contribution in [3.05, 3.63) is 64.4 Å². The second kappa shape index (κ2) is 6.61. The summed E-state index contributed by atoms with van der Waals surface area (Å²) in [5.41, 5.74) is 1.28. The molecule has 2 N–H and O–H groups in total. The van der Waals surface area contributed by atoms with Gasteiger partial charge in [0.05, 0.1) is 10.9 Å². The van der Waals surface area contributed by atoms with Crippen molar-refractivity contribution in [2.75, 3.05) is 0 Å². The molecule has 3 aromatic rings. The molecule has 9 heteroatoms. The first-order valence-corrected chi connectivity index (χ1v) is 8.95. The van der Waals surface area contributed by atoms with Crippen molar-refractivity contribution in [2.45, 2.75) is 24.8 Å². The molecule has 0 radical (unpaired) electrons. The molecule has 130 valence electrons. The summed E-state index contributed by atoms with van der Waals surface area (Å²) < 4.78 is 32.4. The molecule has 0 spiro atoms. The third-order valence-corrected chi connectivity index (χ3v) is 5.07. The Labute approximate surface area is 144 Å². The van der Waals surface area contributed by atoms with Gasteiger partial charge in [0, 0.05) is 17.8 Å². The highest BCUT2D eigenvalue weighted by atomic mass is 32.2. The van der Waals surface area contributed by atoms with Gasteiger partial charge in [-0.3, -0.25) is 4.79 Å². The third kappa shape index (κ3) is 3.83. The molecule has 2 aromatic heterocycles. The summed E-state index contributed by atoms with van der Waals surface area (Å²) in [5, 5.41) is 3.81. The Balaban J connectivity index is 1.79. The van der Waals surface area contributed by atoms with Gasteiger partial charge in [0.1, 0.15) is 0 Å². The van der Waals surface area contributed by atoms with Gasteiger partial charge in [-0.25, -0.2) is 8.42 Å². The second-order valence-electron chi connectivity index (χ2n) is 5.55. The molecular formula is C16H16N4O4S. The molecule has 0 aliphatic carbocycles. The number of benzene rings is 1. The Hall–Kier alpha value is -2.78. The minimum absolute atomic E-state index is 0.122. The van der Waals surface area contributed by atoms with Crippen LogP contribution in [-0.2, 0) is 10.0 Å². The van der Waals surface area contributed by atoms with Gasteiger partial charge in [-0.15, -0.1) is 0 Å². The molecule has 0 amide bonds. The second-order valence-corrected chi connectivity index (χ2v) is 7.27. The number of aromatic amines is 1. The number of pyridine rings is 1. The van der Waals surface area contributed by atoms with E-state index in [-0.39, 0.29) is 22.2 Å². The number of nitrogens with zero attached hydrogens (tertiary/aromatic N) is 2. The number of nitrogens with one attached hydrogen (secondary N) is 2. The van der Waals surface area contributed by atoms with Gasteiger partial charge in [0.2, 0.25) is 27.3 Å². The molecule has 0 saturated heterocycles. The SMILES string of the molecule is Cc1ccc(S(=O)(=O)N[C@@H](C)c2nc(-c3ccc(=O)[nH]c3)no2)cc1. The lowest BCUT2D eigenvalue weighted by molar-refractivity contribution is 0.354. The van der Waals surface area contributed by atoms with E-state index in [1.165, 1.54) is 24.4 Å². The topological polar surface area (TPSA) is 118 Å². The minimum atomic E-state index is -3.71. The van der Waals surface area contributed by atoms with Gasteiger partial charge in [-0.05, 0) is 32.0 Å². The number of aryl methyl sites for hydroxylation is 1. The lowest BCUT2D eigenvalue weighted by atomic mass is 10.2. The molecule has 3 rings (SSSR count). The van der Waals surface area contributed by atoms with Crippen molar-refractivity contribution in [3.8, 4) is 11.4 Å². The lowest BCUT2D eigenvalue weighted by Gasteiger charge is -2.10. The van der Waals surface area contributed by atoms with E-state index in [0.29, 0.717) is 5.56 Å². The highest BCUT2D eigenvalue weighted by Gasteiger charge is 2.22. The molecule has 0 aliphatic heterocycles. The van der Waals surface area contributed by atoms with Crippen molar-refractivity contribution in [2.24, 2.45) is 0 Å². The third-order valence-electron chi connectivity index (χ3n) is 3.52. The number of hydrogen-bond donors (Lipinski definition) is 2. The number of aromatic nitrogens is 3. The molecule has 0 unspecified atom stereocenters. The first kappa shape index (κ1) is 17.1. The van der Waals surface area contributed by atoms with Crippen LogP contribution in [0.4, 0.5) is 0 Å². The van der Waals surface area contributed by atoms with Crippen LogP contribution >= 0.6 is 0 Å². The average molecular weight is 360 g/mol. The van der Waals surface area contributed by atoms with E-state index in [2.05, 4.69) is 19.8 Å². The summed E-state index contributed by atoms with van der Waals surface area (Å²) in [6.07, 6.45) is 1.46. The van der Waals surface area contributed by atoms with Crippen LogP contribution in [-0.4, -0.2) is 23.5 Å². The first-order valence-electron chi connectivity index (χ1n) is 7.47. The van der Waals surface area contributed by atoms with Gasteiger partial charge in [-0.1, -0.05) is 22.9 Å². The van der Waals surface area contributed by atoms with Gasteiger partial charge in [-0.2, -0.15) is 9.71 Å². The molecule has 2 heterocycles. The van der Waals surface area contributed by atoms with E-state index < -0.39 is 16.1 Å². The maximum atomic E-state index is 12.4. The summed E-state index contributed by atoms with van der Waals surface area (Å²) >= 11 is 0. The van der Waals surface area contributed by atoms with Gasteiger partial charge in [0.15, 0.2) is 0 Å². The largest absolute Gasteiger partial charge is 0.337 e. The fourth-order valence-electron chi connectivity index (χ4n) is 2.15.